The highest BCUT2D eigenvalue weighted by Gasteiger charge is 2.28. The highest BCUT2D eigenvalue weighted by molar-refractivity contribution is 5.83. The molecule has 0 aromatic carbocycles. The zero-order chi connectivity index (χ0) is 11.5. The Bertz CT molecular complexity index is 400. The summed E-state index contributed by atoms with van der Waals surface area (Å²) in [6, 6.07) is 2.97. The average molecular weight is 222 g/mol. The fraction of sp³-hybridized carbons (Fsp3) is 0.455. The standard InChI is InChI=1S/C11H14N2O3/c12-11(15)9-3-1-2-6-13(9)10-5-4-8(7-14)16-10/h4-5,7,9H,1-3,6H2,(H2,12,15). The molecule has 1 unspecified atom stereocenters. The number of primary amides is 1. The number of carbonyl (C=O) groups excluding carboxylic acids is 2. The monoisotopic (exact) mass is 222 g/mol. The van der Waals surface area contributed by atoms with E-state index in [4.69, 9.17) is 10.2 Å². The van der Waals surface area contributed by atoms with Gasteiger partial charge in [0.25, 0.3) is 0 Å². The molecule has 5 heteroatoms. The molecule has 2 N–H and O–H groups in total. The Balaban J connectivity index is 2.22. The first-order valence-electron chi connectivity index (χ1n) is 5.33. The van der Waals surface area contributed by atoms with Gasteiger partial charge in [-0.15, -0.1) is 0 Å². The second-order valence-electron chi connectivity index (χ2n) is 3.90. The lowest BCUT2D eigenvalue weighted by Gasteiger charge is -2.33. The van der Waals surface area contributed by atoms with Gasteiger partial charge in [0.15, 0.2) is 17.9 Å². The van der Waals surface area contributed by atoms with Crippen molar-refractivity contribution < 1.29 is 14.0 Å². The Hall–Kier alpha value is -1.78. The van der Waals surface area contributed by atoms with Gasteiger partial charge in [-0.25, -0.2) is 0 Å². The highest BCUT2D eigenvalue weighted by atomic mass is 16.4. The zero-order valence-electron chi connectivity index (χ0n) is 8.89. The molecule has 1 atom stereocenters. The van der Waals surface area contributed by atoms with Gasteiger partial charge in [0.2, 0.25) is 5.91 Å². The van der Waals surface area contributed by atoms with Crippen molar-refractivity contribution in [2.75, 3.05) is 11.4 Å². The predicted octanol–water partition coefficient (Wildman–Crippen LogP) is 0.936. The van der Waals surface area contributed by atoms with Gasteiger partial charge < -0.3 is 15.1 Å². The van der Waals surface area contributed by atoms with Crippen molar-refractivity contribution in [1.82, 2.24) is 0 Å². The van der Waals surface area contributed by atoms with Crippen molar-refractivity contribution >= 4 is 18.1 Å². The van der Waals surface area contributed by atoms with Crippen LogP contribution in [0.1, 0.15) is 29.8 Å². The number of hydrogen-bond acceptors (Lipinski definition) is 4. The normalized spacial score (nSPS) is 20.8. The Labute approximate surface area is 93.2 Å². The maximum absolute atomic E-state index is 11.3. The number of furan rings is 1. The number of hydrogen-bond donors (Lipinski definition) is 1. The summed E-state index contributed by atoms with van der Waals surface area (Å²) in [5, 5.41) is 0. The quantitative estimate of drug-likeness (QED) is 0.772. The van der Waals surface area contributed by atoms with E-state index in [-0.39, 0.29) is 17.7 Å². The van der Waals surface area contributed by atoms with Crippen LogP contribution in [0.4, 0.5) is 5.88 Å². The first kappa shape index (κ1) is 10.7. The SMILES string of the molecule is NC(=O)C1CCCCN1c1ccc(C=O)o1. The molecule has 0 aliphatic carbocycles. The fourth-order valence-corrected chi connectivity index (χ4v) is 2.05. The molecule has 1 fully saturated rings. The number of nitrogens with zero attached hydrogens (tertiary/aromatic N) is 1. The van der Waals surface area contributed by atoms with E-state index in [2.05, 4.69) is 0 Å². The lowest BCUT2D eigenvalue weighted by molar-refractivity contribution is -0.119. The van der Waals surface area contributed by atoms with E-state index in [0.717, 1.165) is 25.8 Å². The van der Waals surface area contributed by atoms with E-state index in [1.807, 2.05) is 4.90 Å². The van der Waals surface area contributed by atoms with Crippen molar-refractivity contribution in [3.8, 4) is 0 Å². The fourth-order valence-electron chi connectivity index (χ4n) is 2.05. The Morgan fingerprint density at radius 3 is 2.94 bits per heavy atom. The van der Waals surface area contributed by atoms with Gasteiger partial charge in [-0.1, -0.05) is 0 Å². The minimum absolute atomic E-state index is 0.267. The summed E-state index contributed by atoms with van der Waals surface area (Å²) >= 11 is 0. The van der Waals surface area contributed by atoms with Gasteiger partial charge in [0.1, 0.15) is 6.04 Å². The number of amides is 1. The van der Waals surface area contributed by atoms with E-state index in [9.17, 15) is 9.59 Å². The number of carbonyl (C=O) groups is 2. The third-order valence-corrected chi connectivity index (χ3v) is 2.84. The van der Waals surface area contributed by atoms with E-state index in [1.54, 1.807) is 12.1 Å². The molecule has 0 radical (unpaired) electrons. The molecule has 1 aliphatic rings. The van der Waals surface area contributed by atoms with Crippen LogP contribution in [0.15, 0.2) is 16.5 Å². The van der Waals surface area contributed by atoms with Gasteiger partial charge >= 0.3 is 0 Å². The lowest BCUT2D eigenvalue weighted by Crippen LogP contribution is -2.47. The molecule has 1 aromatic rings. The van der Waals surface area contributed by atoms with Crippen LogP contribution in [0.3, 0.4) is 0 Å². The molecule has 1 amide bonds. The van der Waals surface area contributed by atoms with Gasteiger partial charge in [-0.05, 0) is 25.3 Å². The van der Waals surface area contributed by atoms with Crippen LogP contribution in [-0.2, 0) is 4.79 Å². The van der Waals surface area contributed by atoms with Gasteiger partial charge in [0, 0.05) is 12.6 Å². The molecule has 5 nitrogen and oxygen atoms in total. The van der Waals surface area contributed by atoms with Crippen LogP contribution in [0.25, 0.3) is 0 Å². The van der Waals surface area contributed by atoms with Crippen molar-refractivity contribution in [2.24, 2.45) is 5.73 Å². The number of anilines is 1. The first-order chi connectivity index (χ1) is 7.72. The lowest BCUT2D eigenvalue weighted by atomic mass is 10.0. The van der Waals surface area contributed by atoms with Crippen LogP contribution in [0.2, 0.25) is 0 Å². The molecule has 0 spiro atoms. The third kappa shape index (κ3) is 1.93. The Morgan fingerprint density at radius 2 is 2.31 bits per heavy atom. The predicted molar refractivity (Wildman–Crippen MR) is 58.3 cm³/mol. The molecule has 0 saturated carbocycles. The van der Waals surface area contributed by atoms with Crippen molar-refractivity contribution in [3.05, 3.63) is 17.9 Å². The van der Waals surface area contributed by atoms with Crippen molar-refractivity contribution in [3.63, 3.8) is 0 Å². The Kier molecular flexibility index (Phi) is 2.94. The summed E-state index contributed by atoms with van der Waals surface area (Å²) in [4.78, 5) is 23.6. The van der Waals surface area contributed by atoms with E-state index in [0.29, 0.717) is 12.2 Å². The van der Waals surface area contributed by atoms with E-state index >= 15 is 0 Å². The molecule has 2 rings (SSSR count). The second kappa shape index (κ2) is 4.38. The average Bonchev–Trinajstić information content (AvgIpc) is 2.77. The summed E-state index contributed by atoms with van der Waals surface area (Å²) in [6.45, 7) is 0.736. The van der Waals surface area contributed by atoms with Crippen molar-refractivity contribution in [2.45, 2.75) is 25.3 Å². The van der Waals surface area contributed by atoms with Gasteiger partial charge in [0.05, 0.1) is 0 Å². The summed E-state index contributed by atoms with van der Waals surface area (Å²) in [6.07, 6.45) is 3.38. The highest BCUT2D eigenvalue weighted by Crippen LogP contribution is 2.26. The molecule has 1 saturated heterocycles. The smallest absolute Gasteiger partial charge is 0.240 e. The molecular weight excluding hydrogens is 208 g/mol. The molecule has 2 heterocycles. The minimum atomic E-state index is -0.344. The number of nitrogens with two attached hydrogens (primary N) is 1. The van der Waals surface area contributed by atoms with Crippen LogP contribution in [0, 0.1) is 0 Å². The summed E-state index contributed by atoms with van der Waals surface area (Å²) in [7, 11) is 0. The number of piperidine rings is 1. The van der Waals surface area contributed by atoms with E-state index < -0.39 is 0 Å². The number of rotatable bonds is 3. The molecular formula is C11H14N2O3. The van der Waals surface area contributed by atoms with E-state index in [1.165, 1.54) is 0 Å². The van der Waals surface area contributed by atoms with Crippen LogP contribution in [-0.4, -0.2) is 24.8 Å². The van der Waals surface area contributed by atoms with Gasteiger partial charge in [-0.2, -0.15) is 0 Å². The summed E-state index contributed by atoms with van der Waals surface area (Å²) in [5.41, 5.74) is 5.34. The topological polar surface area (TPSA) is 76.5 Å². The number of aldehydes is 1. The maximum Gasteiger partial charge on any atom is 0.240 e. The largest absolute Gasteiger partial charge is 0.438 e. The molecule has 86 valence electrons. The van der Waals surface area contributed by atoms with Crippen LogP contribution in [0.5, 0.6) is 0 Å². The van der Waals surface area contributed by atoms with Gasteiger partial charge in [-0.3, -0.25) is 9.59 Å². The molecule has 0 bridgehead atoms. The molecule has 1 aliphatic heterocycles. The Morgan fingerprint density at radius 1 is 1.50 bits per heavy atom. The van der Waals surface area contributed by atoms with Crippen LogP contribution >= 0.6 is 0 Å². The zero-order valence-corrected chi connectivity index (χ0v) is 8.89. The second-order valence-corrected chi connectivity index (χ2v) is 3.90. The maximum atomic E-state index is 11.3. The van der Waals surface area contributed by atoms with Crippen molar-refractivity contribution in [1.29, 1.82) is 0 Å². The third-order valence-electron chi connectivity index (χ3n) is 2.84. The molecule has 16 heavy (non-hydrogen) atoms. The minimum Gasteiger partial charge on any atom is -0.438 e. The first-order valence-corrected chi connectivity index (χ1v) is 5.33. The molecule has 1 aromatic heterocycles. The summed E-state index contributed by atoms with van der Waals surface area (Å²) in [5.74, 6) is 0.471. The van der Waals surface area contributed by atoms with Crippen LogP contribution < -0.4 is 10.6 Å². The summed E-state index contributed by atoms with van der Waals surface area (Å²) < 4.78 is 5.30.